The molecule has 2 aromatic rings. The van der Waals surface area contributed by atoms with Gasteiger partial charge in [-0.15, -0.1) is 0 Å². The highest BCUT2D eigenvalue weighted by molar-refractivity contribution is 6.30. The standard InChI is InChI=1S/C11H11ClN4O/c1-6-2-3-7(12)4-9(6)16-10(13)8(5-15-16)11(14)17/h2-5H,13H2,1H3,(H2,14,17). The van der Waals surface area contributed by atoms with Crippen molar-refractivity contribution in [1.82, 2.24) is 9.78 Å². The Kier molecular flexibility index (Phi) is 2.77. The number of anilines is 1. The third-order valence-corrected chi connectivity index (χ3v) is 2.71. The van der Waals surface area contributed by atoms with Crippen LogP contribution in [0.3, 0.4) is 0 Å². The summed E-state index contributed by atoms with van der Waals surface area (Å²) in [5.74, 6) is -0.392. The van der Waals surface area contributed by atoms with Crippen LogP contribution in [0.15, 0.2) is 24.4 Å². The summed E-state index contributed by atoms with van der Waals surface area (Å²) in [7, 11) is 0. The Hall–Kier alpha value is -2.01. The van der Waals surface area contributed by atoms with Gasteiger partial charge in [-0.25, -0.2) is 4.68 Å². The molecule has 1 heterocycles. The first-order chi connectivity index (χ1) is 8.00. The van der Waals surface area contributed by atoms with E-state index in [4.69, 9.17) is 23.1 Å². The van der Waals surface area contributed by atoms with E-state index in [1.165, 1.54) is 10.9 Å². The molecule has 0 spiro atoms. The Morgan fingerprint density at radius 1 is 1.47 bits per heavy atom. The number of nitrogens with two attached hydrogens (primary N) is 2. The first-order valence-corrected chi connectivity index (χ1v) is 5.28. The SMILES string of the molecule is Cc1ccc(Cl)cc1-n1ncc(C(N)=O)c1N. The van der Waals surface area contributed by atoms with Crippen molar-refractivity contribution >= 4 is 23.3 Å². The van der Waals surface area contributed by atoms with Gasteiger partial charge < -0.3 is 11.5 Å². The number of nitrogens with zero attached hydrogens (tertiary/aromatic N) is 2. The van der Waals surface area contributed by atoms with Gasteiger partial charge in [-0.05, 0) is 24.6 Å². The van der Waals surface area contributed by atoms with Crippen molar-refractivity contribution in [1.29, 1.82) is 0 Å². The summed E-state index contributed by atoms with van der Waals surface area (Å²) in [4.78, 5) is 11.1. The summed E-state index contributed by atoms with van der Waals surface area (Å²) >= 11 is 5.91. The number of amides is 1. The van der Waals surface area contributed by atoms with Crippen LogP contribution in [0.2, 0.25) is 5.02 Å². The number of rotatable bonds is 2. The molecular weight excluding hydrogens is 240 g/mol. The predicted octanol–water partition coefficient (Wildman–Crippen LogP) is 1.52. The van der Waals surface area contributed by atoms with Gasteiger partial charge in [-0.1, -0.05) is 17.7 Å². The Morgan fingerprint density at radius 2 is 2.18 bits per heavy atom. The van der Waals surface area contributed by atoms with Gasteiger partial charge in [-0.3, -0.25) is 4.79 Å². The normalized spacial score (nSPS) is 10.5. The molecule has 6 heteroatoms. The van der Waals surface area contributed by atoms with Gasteiger partial charge in [0.15, 0.2) is 0 Å². The Morgan fingerprint density at radius 3 is 2.76 bits per heavy atom. The highest BCUT2D eigenvalue weighted by Gasteiger charge is 2.14. The van der Waals surface area contributed by atoms with E-state index in [2.05, 4.69) is 5.10 Å². The molecule has 0 radical (unpaired) electrons. The lowest BCUT2D eigenvalue weighted by atomic mass is 10.2. The molecule has 4 N–H and O–H groups in total. The number of hydrogen-bond donors (Lipinski definition) is 2. The summed E-state index contributed by atoms with van der Waals surface area (Å²) in [6.45, 7) is 1.90. The zero-order valence-electron chi connectivity index (χ0n) is 9.14. The molecule has 0 saturated carbocycles. The maximum Gasteiger partial charge on any atom is 0.254 e. The number of aromatic nitrogens is 2. The second-order valence-electron chi connectivity index (χ2n) is 3.65. The highest BCUT2D eigenvalue weighted by Crippen LogP contribution is 2.22. The van der Waals surface area contributed by atoms with Crippen LogP contribution in [-0.2, 0) is 0 Å². The second-order valence-corrected chi connectivity index (χ2v) is 4.09. The molecule has 0 bridgehead atoms. The molecule has 0 unspecified atom stereocenters. The molecule has 0 saturated heterocycles. The van der Waals surface area contributed by atoms with Gasteiger partial charge >= 0.3 is 0 Å². The van der Waals surface area contributed by atoms with Gasteiger partial charge in [0.05, 0.1) is 11.9 Å². The molecule has 1 aromatic heterocycles. The molecule has 0 atom stereocenters. The van der Waals surface area contributed by atoms with Crippen LogP contribution in [0.4, 0.5) is 5.82 Å². The van der Waals surface area contributed by atoms with Crippen LogP contribution in [0.1, 0.15) is 15.9 Å². The molecule has 0 aliphatic heterocycles. The smallest absolute Gasteiger partial charge is 0.254 e. The number of nitrogen functional groups attached to an aromatic ring is 1. The molecule has 1 amide bonds. The molecule has 2 rings (SSSR count). The molecule has 17 heavy (non-hydrogen) atoms. The Balaban J connectivity index is 2.61. The fraction of sp³-hybridized carbons (Fsp3) is 0.0909. The number of primary amides is 1. The third-order valence-electron chi connectivity index (χ3n) is 2.47. The van der Waals surface area contributed by atoms with Crippen molar-refractivity contribution in [3.05, 3.63) is 40.5 Å². The van der Waals surface area contributed by atoms with Crippen molar-refractivity contribution in [3.63, 3.8) is 0 Å². The van der Waals surface area contributed by atoms with Gasteiger partial charge in [0.2, 0.25) is 0 Å². The third kappa shape index (κ3) is 1.97. The number of benzene rings is 1. The van der Waals surface area contributed by atoms with Crippen LogP contribution in [-0.4, -0.2) is 15.7 Å². The van der Waals surface area contributed by atoms with Crippen molar-refractivity contribution in [2.75, 3.05) is 5.73 Å². The minimum Gasteiger partial charge on any atom is -0.383 e. The van der Waals surface area contributed by atoms with E-state index in [0.29, 0.717) is 5.02 Å². The summed E-state index contributed by atoms with van der Waals surface area (Å²) in [6.07, 6.45) is 1.35. The number of hydrogen-bond acceptors (Lipinski definition) is 3. The first-order valence-electron chi connectivity index (χ1n) is 4.90. The number of carbonyl (C=O) groups is 1. The maximum absolute atomic E-state index is 11.1. The summed E-state index contributed by atoms with van der Waals surface area (Å²) in [5, 5.41) is 4.61. The van der Waals surface area contributed by atoms with E-state index in [0.717, 1.165) is 11.3 Å². The Labute approximate surface area is 103 Å². The summed E-state index contributed by atoms with van der Waals surface area (Å²) < 4.78 is 1.45. The number of aryl methyl sites for hydroxylation is 1. The molecule has 5 nitrogen and oxygen atoms in total. The van der Waals surface area contributed by atoms with Crippen LogP contribution < -0.4 is 11.5 Å². The van der Waals surface area contributed by atoms with Crippen LogP contribution in [0.25, 0.3) is 5.69 Å². The van der Waals surface area contributed by atoms with Gasteiger partial charge in [0.25, 0.3) is 5.91 Å². The minimum absolute atomic E-state index is 0.198. The maximum atomic E-state index is 11.1. The van der Waals surface area contributed by atoms with Crippen LogP contribution in [0, 0.1) is 6.92 Å². The molecule has 0 aliphatic rings. The van der Waals surface area contributed by atoms with E-state index >= 15 is 0 Å². The zero-order valence-corrected chi connectivity index (χ0v) is 9.90. The van der Waals surface area contributed by atoms with Crippen molar-refractivity contribution in [3.8, 4) is 5.69 Å². The minimum atomic E-state index is -0.603. The lowest BCUT2D eigenvalue weighted by molar-refractivity contribution is 0.100. The quantitative estimate of drug-likeness (QED) is 0.847. The summed E-state index contributed by atoms with van der Waals surface area (Å²) in [5.41, 5.74) is 12.9. The van der Waals surface area contributed by atoms with Crippen molar-refractivity contribution < 1.29 is 4.79 Å². The molecular formula is C11H11ClN4O. The van der Waals surface area contributed by atoms with Crippen molar-refractivity contribution in [2.45, 2.75) is 6.92 Å². The van der Waals surface area contributed by atoms with Crippen molar-refractivity contribution in [2.24, 2.45) is 5.73 Å². The fourth-order valence-electron chi connectivity index (χ4n) is 1.55. The second kappa shape index (κ2) is 4.10. The molecule has 0 aliphatic carbocycles. The Bertz CT molecular complexity index is 591. The van der Waals surface area contributed by atoms with Gasteiger partial charge in [-0.2, -0.15) is 5.10 Å². The monoisotopic (exact) mass is 250 g/mol. The van der Waals surface area contributed by atoms with Crippen LogP contribution >= 0.6 is 11.6 Å². The molecule has 88 valence electrons. The first kappa shape index (κ1) is 11.5. The molecule has 0 fully saturated rings. The lowest BCUT2D eigenvalue weighted by Crippen LogP contribution is -2.13. The topological polar surface area (TPSA) is 86.9 Å². The fourth-order valence-corrected chi connectivity index (χ4v) is 1.72. The van der Waals surface area contributed by atoms with E-state index < -0.39 is 5.91 Å². The van der Waals surface area contributed by atoms with E-state index in [9.17, 15) is 4.79 Å². The van der Waals surface area contributed by atoms with E-state index in [-0.39, 0.29) is 11.4 Å². The largest absolute Gasteiger partial charge is 0.383 e. The van der Waals surface area contributed by atoms with Crippen LogP contribution in [0.5, 0.6) is 0 Å². The lowest BCUT2D eigenvalue weighted by Gasteiger charge is -2.08. The predicted molar refractivity (Wildman–Crippen MR) is 66.2 cm³/mol. The van der Waals surface area contributed by atoms with E-state index in [1.807, 2.05) is 13.0 Å². The molecule has 1 aromatic carbocycles. The highest BCUT2D eigenvalue weighted by atomic mass is 35.5. The zero-order chi connectivity index (χ0) is 12.6. The van der Waals surface area contributed by atoms with Gasteiger partial charge in [0.1, 0.15) is 11.4 Å². The average molecular weight is 251 g/mol. The van der Waals surface area contributed by atoms with Gasteiger partial charge in [0, 0.05) is 5.02 Å². The number of halogens is 1. The average Bonchev–Trinajstić information content (AvgIpc) is 2.64. The van der Waals surface area contributed by atoms with E-state index in [1.54, 1.807) is 12.1 Å². The number of carbonyl (C=O) groups excluding carboxylic acids is 1. The summed E-state index contributed by atoms with van der Waals surface area (Å²) in [6, 6.07) is 5.35.